The van der Waals surface area contributed by atoms with Crippen molar-refractivity contribution >= 4 is 28.9 Å². The van der Waals surface area contributed by atoms with E-state index in [0.717, 1.165) is 18.2 Å². The smallest absolute Gasteiger partial charge is 0.338 e. The van der Waals surface area contributed by atoms with Crippen molar-refractivity contribution in [2.45, 2.75) is 13.8 Å². The summed E-state index contributed by atoms with van der Waals surface area (Å²) in [6.45, 7) is 3.28. The molecular weight excluding hydrogens is 358 g/mol. The molecule has 0 aliphatic carbocycles. The highest BCUT2D eigenvalue weighted by atomic mass is 16.6. The highest BCUT2D eigenvalue weighted by Gasteiger charge is 2.20. The van der Waals surface area contributed by atoms with Crippen LogP contribution in [0.4, 0.5) is 17.1 Å². The van der Waals surface area contributed by atoms with Gasteiger partial charge < -0.3 is 10.1 Å². The van der Waals surface area contributed by atoms with Gasteiger partial charge in [0.25, 0.3) is 17.3 Å². The van der Waals surface area contributed by atoms with Gasteiger partial charge in [-0.05, 0) is 25.5 Å². The SMILES string of the molecule is CCOC(=O)c1cc(C(=O)Nc2cc([N+](=O)[O-])ccc2C)cc([N+](=O)[O-])c1. The highest BCUT2D eigenvalue weighted by molar-refractivity contribution is 6.06. The van der Waals surface area contributed by atoms with E-state index in [1.54, 1.807) is 13.8 Å². The Bertz CT molecular complexity index is 940. The quantitative estimate of drug-likeness (QED) is 0.465. The van der Waals surface area contributed by atoms with Crippen LogP contribution >= 0.6 is 0 Å². The molecule has 0 aliphatic rings. The van der Waals surface area contributed by atoms with Gasteiger partial charge in [-0.25, -0.2) is 4.79 Å². The van der Waals surface area contributed by atoms with Crippen LogP contribution in [0.25, 0.3) is 0 Å². The van der Waals surface area contributed by atoms with E-state index in [2.05, 4.69) is 5.32 Å². The van der Waals surface area contributed by atoms with Crippen LogP contribution in [0.3, 0.4) is 0 Å². The number of hydrogen-bond donors (Lipinski definition) is 1. The molecule has 27 heavy (non-hydrogen) atoms. The minimum Gasteiger partial charge on any atom is -0.462 e. The fourth-order valence-electron chi connectivity index (χ4n) is 2.23. The van der Waals surface area contributed by atoms with Gasteiger partial charge in [0.2, 0.25) is 0 Å². The van der Waals surface area contributed by atoms with Gasteiger partial charge in [-0.3, -0.25) is 25.0 Å². The molecule has 0 aromatic heterocycles. The molecule has 1 N–H and O–H groups in total. The van der Waals surface area contributed by atoms with Gasteiger partial charge in [0, 0.05) is 29.8 Å². The Labute approximate surface area is 153 Å². The van der Waals surface area contributed by atoms with Crippen LogP contribution in [0.5, 0.6) is 0 Å². The lowest BCUT2D eigenvalue weighted by Gasteiger charge is -2.09. The topological polar surface area (TPSA) is 142 Å². The first kappa shape index (κ1) is 19.5. The summed E-state index contributed by atoms with van der Waals surface area (Å²) in [6.07, 6.45) is 0. The summed E-state index contributed by atoms with van der Waals surface area (Å²) in [7, 11) is 0. The van der Waals surface area contributed by atoms with Crippen molar-refractivity contribution in [2.24, 2.45) is 0 Å². The number of ether oxygens (including phenoxy) is 1. The van der Waals surface area contributed by atoms with E-state index < -0.39 is 27.4 Å². The Morgan fingerprint density at radius 3 is 2.22 bits per heavy atom. The predicted octanol–water partition coefficient (Wildman–Crippen LogP) is 3.24. The zero-order chi connectivity index (χ0) is 20.1. The first-order valence-corrected chi connectivity index (χ1v) is 7.76. The van der Waals surface area contributed by atoms with Crippen molar-refractivity contribution in [1.82, 2.24) is 0 Å². The van der Waals surface area contributed by atoms with Gasteiger partial charge in [0.15, 0.2) is 0 Å². The monoisotopic (exact) mass is 373 g/mol. The van der Waals surface area contributed by atoms with Gasteiger partial charge in [0.05, 0.1) is 27.7 Å². The van der Waals surface area contributed by atoms with E-state index in [9.17, 15) is 29.8 Å². The first-order chi connectivity index (χ1) is 12.7. The number of esters is 1. The maximum Gasteiger partial charge on any atom is 0.338 e. The van der Waals surface area contributed by atoms with Gasteiger partial charge in [-0.1, -0.05) is 6.07 Å². The van der Waals surface area contributed by atoms with Crippen molar-refractivity contribution < 1.29 is 24.2 Å². The second-order valence-corrected chi connectivity index (χ2v) is 5.46. The van der Waals surface area contributed by atoms with E-state index in [4.69, 9.17) is 4.74 Å². The average Bonchev–Trinajstić information content (AvgIpc) is 2.63. The van der Waals surface area contributed by atoms with Crippen LogP contribution in [0, 0.1) is 27.2 Å². The van der Waals surface area contributed by atoms with Gasteiger partial charge >= 0.3 is 5.97 Å². The molecule has 0 heterocycles. The number of anilines is 1. The summed E-state index contributed by atoms with van der Waals surface area (Å²) in [5.74, 6) is -1.56. The minimum atomic E-state index is -0.804. The number of rotatable bonds is 6. The van der Waals surface area contributed by atoms with Crippen LogP contribution in [0.15, 0.2) is 36.4 Å². The zero-order valence-corrected chi connectivity index (χ0v) is 14.4. The van der Waals surface area contributed by atoms with Gasteiger partial charge in [0.1, 0.15) is 0 Å². The molecule has 0 spiro atoms. The van der Waals surface area contributed by atoms with E-state index in [0.29, 0.717) is 5.56 Å². The van der Waals surface area contributed by atoms with Crippen LogP contribution < -0.4 is 5.32 Å². The lowest BCUT2D eigenvalue weighted by Crippen LogP contribution is -2.15. The largest absolute Gasteiger partial charge is 0.462 e. The second kappa shape index (κ2) is 8.04. The molecule has 2 rings (SSSR count). The second-order valence-electron chi connectivity index (χ2n) is 5.46. The van der Waals surface area contributed by atoms with Crippen molar-refractivity contribution in [1.29, 1.82) is 0 Å². The number of nitrogens with one attached hydrogen (secondary N) is 1. The number of aryl methyl sites for hydroxylation is 1. The molecule has 0 saturated carbocycles. The molecule has 10 heteroatoms. The lowest BCUT2D eigenvalue weighted by molar-refractivity contribution is -0.385. The van der Waals surface area contributed by atoms with E-state index in [1.165, 1.54) is 18.2 Å². The number of nitro groups is 2. The Morgan fingerprint density at radius 2 is 1.63 bits per heavy atom. The summed E-state index contributed by atoms with van der Waals surface area (Å²) >= 11 is 0. The molecule has 0 radical (unpaired) electrons. The van der Waals surface area contributed by atoms with Gasteiger partial charge in [-0.2, -0.15) is 0 Å². The number of amides is 1. The van der Waals surface area contributed by atoms with E-state index in [-0.39, 0.29) is 29.1 Å². The molecule has 1 amide bonds. The third-order valence-corrected chi connectivity index (χ3v) is 3.58. The lowest BCUT2D eigenvalue weighted by atomic mass is 10.1. The summed E-state index contributed by atoms with van der Waals surface area (Å²) < 4.78 is 4.81. The standard InChI is InChI=1S/C17H15N3O7/c1-3-27-17(22)12-6-11(7-14(8-12)20(25)26)16(21)18-15-9-13(19(23)24)5-4-10(15)2/h4-9H,3H2,1-2H3,(H,18,21). The Hall–Kier alpha value is -3.82. The van der Waals surface area contributed by atoms with Crippen LogP contribution in [0.1, 0.15) is 33.2 Å². The number of benzene rings is 2. The molecule has 140 valence electrons. The van der Waals surface area contributed by atoms with Crippen LogP contribution in [-0.2, 0) is 4.74 Å². The molecule has 0 fully saturated rings. The Balaban J connectivity index is 2.41. The molecule has 2 aromatic rings. The molecule has 0 bridgehead atoms. The maximum absolute atomic E-state index is 12.5. The number of nitro benzene ring substituents is 2. The Morgan fingerprint density at radius 1 is 1.00 bits per heavy atom. The fourth-order valence-corrected chi connectivity index (χ4v) is 2.23. The predicted molar refractivity (Wildman–Crippen MR) is 94.8 cm³/mol. The van der Waals surface area contributed by atoms with E-state index >= 15 is 0 Å². The van der Waals surface area contributed by atoms with Crippen LogP contribution in [0.2, 0.25) is 0 Å². The number of carbonyl (C=O) groups is 2. The fraction of sp³-hybridized carbons (Fsp3) is 0.176. The third-order valence-electron chi connectivity index (χ3n) is 3.58. The minimum absolute atomic E-state index is 0.0654. The normalized spacial score (nSPS) is 10.1. The summed E-state index contributed by atoms with van der Waals surface area (Å²) in [5, 5.41) is 24.4. The molecule has 0 aliphatic heterocycles. The van der Waals surface area contributed by atoms with Crippen molar-refractivity contribution in [2.75, 3.05) is 11.9 Å². The third kappa shape index (κ3) is 4.63. The van der Waals surface area contributed by atoms with Gasteiger partial charge in [-0.15, -0.1) is 0 Å². The molecular formula is C17H15N3O7. The zero-order valence-electron chi connectivity index (χ0n) is 14.4. The molecule has 0 saturated heterocycles. The summed E-state index contributed by atoms with van der Waals surface area (Å²) in [5.41, 5.74) is -0.239. The first-order valence-electron chi connectivity index (χ1n) is 7.76. The summed E-state index contributed by atoms with van der Waals surface area (Å²) in [6, 6.07) is 7.10. The maximum atomic E-state index is 12.5. The summed E-state index contributed by atoms with van der Waals surface area (Å²) in [4.78, 5) is 45.0. The van der Waals surface area contributed by atoms with Crippen molar-refractivity contribution in [3.63, 3.8) is 0 Å². The average molecular weight is 373 g/mol. The van der Waals surface area contributed by atoms with Crippen LogP contribution in [-0.4, -0.2) is 28.3 Å². The molecule has 2 aromatic carbocycles. The molecule has 0 atom stereocenters. The molecule has 0 unspecified atom stereocenters. The number of hydrogen-bond acceptors (Lipinski definition) is 7. The number of nitrogens with zero attached hydrogens (tertiary/aromatic N) is 2. The van der Waals surface area contributed by atoms with Crippen molar-refractivity contribution in [3.8, 4) is 0 Å². The Kier molecular flexibility index (Phi) is 5.81. The highest BCUT2D eigenvalue weighted by Crippen LogP contribution is 2.24. The van der Waals surface area contributed by atoms with Crippen molar-refractivity contribution in [3.05, 3.63) is 73.3 Å². The number of non-ortho nitro benzene ring substituents is 2. The van der Waals surface area contributed by atoms with E-state index in [1.807, 2.05) is 0 Å². The molecule has 10 nitrogen and oxygen atoms in total. The number of carbonyl (C=O) groups excluding carboxylic acids is 2.